The van der Waals surface area contributed by atoms with Crippen LogP contribution in [0.3, 0.4) is 0 Å². The summed E-state index contributed by atoms with van der Waals surface area (Å²) in [4.78, 5) is 23.6. The van der Waals surface area contributed by atoms with Gasteiger partial charge in [-0.1, -0.05) is 24.6 Å². The molecule has 0 atom stereocenters. The van der Waals surface area contributed by atoms with Gasteiger partial charge in [0.25, 0.3) is 0 Å². The number of para-hydroxylation sites is 1. The van der Waals surface area contributed by atoms with E-state index < -0.39 is 0 Å². The van der Waals surface area contributed by atoms with Gasteiger partial charge in [0, 0.05) is 49.8 Å². The van der Waals surface area contributed by atoms with Crippen LogP contribution in [0.5, 0.6) is 5.06 Å². The molecule has 7 heteroatoms. The number of amides is 2. The third-order valence-electron chi connectivity index (χ3n) is 7.45. The van der Waals surface area contributed by atoms with E-state index in [9.17, 15) is 4.79 Å². The minimum absolute atomic E-state index is 0.187. The van der Waals surface area contributed by atoms with Crippen LogP contribution in [0.25, 0.3) is 0 Å². The third-order valence-corrected chi connectivity index (χ3v) is 8.52. The quantitative estimate of drug-likeness (QED) is 0.564. The van der Waals surface area contributed by atoms with E-state index in [4.69, 9.17) is 4.74 Å². The molecular weight excluding hydrogens is 444 g/mol. The lowest BCUT2D eigenvalue weighted by Gasteiger charge is -2.39. The molecule has 2 fully saturated rings. The normalized spacial score (nSPS) is 19.3. The number of thiophene rings is 1. The molecule has 6 nitrogen and oxygen atoms in total. The van der Waals surface area contributed by atoms with E-state index >= 15 is 0 Å². The minimum atomic E-state index is 0.187. The van der Waals surface area contributed by atoms with Crippen molar-refractivity contribution in [3.05, 3.63) is 46.3 Å². The summed E-state index contributed by atoms with van der Waals surface area (Å²) >= 11 is 1.73. The van der Waals surface area contributed by atoms with Gasteiger partial charge in [-0.25, -0.2) is 4.79 Å². The number of fused-ring (bicyclic) bond motifs is 1. The maximum Gasteiger partial charge on any atom is 0.320 e. The van der Waals surface area contributed by atoms with Crippen LogP contribution >= 0.6 is 11.3 Å². The van der Waals surface area contributed by atoms with Gasteiger partial charge in [-0.2, -0.15) is 0 Å². The Bertz CT molecular complexity index is 963. The molecule has 184 valence electrons. The number of anilines is 1. The Hall–Kier alpha value is -2.25. The number of hydrogen-bond donors (Lipinski definition) is 0. The molecule has 4 heterocycles. The summed E-state index contributed by atoms with van der Waals surface area (Å²) in [6.07, 6.45) is 6.09. The molecule has 2 aromatic rings. The summed E-state index contributed by atoms with van der Waals surface area (Å²) in [5.74, 6) is 0. The van der Waals surface area contributed by atoms with Crippen LogP contribution in [-0.4, -0.2) is 79.7 Å². The highest BCUT2D eigenvalue weighted by atomic mass is 32.1. The SMILES string of the molecule is Cc1ccccc1N1CCN(C(=O)N2CCc3cc(OCCCN4CCCCC4)sc3C2)CC1. The fourth-order valence-corrected chi connectivity index (χ4v) is 6.53. The van der Waals surface area contributed by atoms with E-state index in [1.165, 1.54) is 54.0 Å². The molecule has 0 saturated carbocycles. The molecule has 0 N–H and O–H groups in total. The number of carbonyl (C=O) groups excluding carboxylic acids is 1. The van der Waals surface area contributed by atoms with Crippen LogP contribution in [0.4, 0.5) is 10.5 Å². The highest BCUT2D eigenvalue weighted by molar-refractivity contribution is 7.14. The molecule has 0 spiro atoms. The van der Waals surface area contributed by atoms with E-state index in [0.29, 0.717) is 6.54 Å². The van der Waals surface area contributed by atoms with Gasteiger partial charge < -0.3 is 24.3 Å². The number of hydrogen-bond acceptors (Lipinski definition) is 5. The van der Waals surface area contributed by atoms with Crippen molar-refractivity contribution in [2.24, 2.45) is 0 Å². The fraction of sp³-hybridized carbons (Fsp3) is 0.593. The first-order valence-electron chi connectivity index (χ1n) is 13.0. The van der Waals surface area contributed by atoms with Gasteiger partial charge in [0.15, 0.2) is 5.06 Å². The lowest BCUT2D eigenvalue weighted by Crippen LogP contribution is -2.53. The van der Waals surface area contributed by atoms with Gasteiger partial charge in [0.2, 0.25) is 0 Å². The van der Waals surface area contributed by atoms with Crippen LogP contribution < -0.4 is 9.64 Å². The van der Waals surface area contributed by atoms with Crippen molar-refractivity contribution < 1.29 is 9.53 Å². The van der Waals surface area contributed by atoms with Crippen LogP contribution in [0.15, 0.2) is 30.3 Å². The van der Waals surface area contributed by atoms with Gasteiger partial charge in [-0.15, -0.1) is 11.3 Å². The lowest BCUT2D eigenvalue weighted by molar-refractivity contribution is 0.145. The van der Waals surface area contributed by atoms with E-state index in [1.54, 1.807) is 11.3 Å². The van der Waals surface area contributed by atoms with Gasteiger partial charge in [0.05, 0.1) is 13.2 Å². The number of piperidine rings is 1. The van der Waals surface area contributed by atoms with E-state index in [2.05, 4.69) is 47.1 Å². The maximum absolute atomic E-state index is 13.2. The molecule has 0 bridgehead atoms. The Morgan fingerprint density at radius 1 is 0.971 bits per heavy atom. The zero-order valence-corrected chi connectivity index (χ0v) is 21.3. The van der Waals surface area contributed by atoms with Crippen LogP contribution in [0.2, 0.25) is 0 Å². The summed E-state index contributed by atoms with van der Waals surface area (Å²) in [6, 6.07) is 10.9. The van der Waals surface area contributed by atoms with Crippen molar-refractivity contribution in [1.29, 1.82) is 0 Å². The Morgan fingerprint density at radius 3 is 2.56 bits per heavy atom. The van der Waals surface area contributed by atoms with Crippen molar-refractivity contribution in [2.75, 3.05) is 63.9 Å². The largest absolute Gasteiger partial charge is 0.484 e. The summed E-state index contributed by atoms with van der Waals surface area (Å²) in [5.41, 5.74) is 3.96. The van der Waals surface area contributed by atoms with Crippen molar-refractivity contribution in [2.45, 2.75) is 45.6 Å². The van der Waals surface area contributed by atoms with E-state index in [0.717, 1.165) is 63.8 Å². The fourth-order valence-electron chi connectivity index (χ4n) is 5.43. The molecule has 1 aromatic carbocycles. The topological polar surface area (TPSA) is 39.3 Å². The second-order valence-corrected chi connectivity index (χ2v) is 10.9. The van der Waals surface area contributed by atoms with Gasteiger partial charge in [-0.3, -0.25) is 0 Å². The molecule has 34 heavy (non-hydrogen) atoms. The Morgan fingerprint density at radius 2 is 1.76 bits per heavy atom. The number of rotatable bonds is 6. The smallest absolute Gasteiger partial charge is 0.320 e. The molecule has 2 saturated heterocycles. The first-order chi connectivity index (χ1) is 16.7. The van der Waals surface area contributed by atoms with E-state index in [1.807, 2.05) is 9.80 Å². The van der Waals surface area contributed by atoms with Gasteiger partial charge in [0.1, 0.15) is 0 Å². The monoisotopic (exact) mass is 482 g/mol. The second-order valence-electron chi connectivity index (χ2n) is 9.83. The first kappa shape index (κ1) is 23.5. The van der Waals surface area contributed by atoms with Crippen molar-refractivity contribution in [1.82, 2.24) is 14.7 Å². The van der Waals surface area contributed by atoms with Crippen molar-refractivity contribution in [3.63, 3.8) is 0 Å². The zero-order chi connectivity index (χ0) is 23.3. The molecule has 1 aromatic heterocycles. The average Bonchev–Trinajstić information content (AvgIpc) is 3.29. The third kappa shape index (κ3) is 5.52. The minimum Gasteiger partial charge on any atom is -0.484 e. The highest BCUT2D eigenvalue weighted by Crippen LogP contribution is 2.34. The number of carbonyl (C=O) groups is 1. The zero-order valence-electron chi connectivity index (χ0n) is 20.5. The van der Waals surface area contributed by atoms with Crippen molar-refractivity contribution in [3.8, 4) is 5.06 Å². The predicted molar refractivity (Wildman–Crippen MR) is 139 cm³/mol. The average molecular weight is 483 g/mol. The number of nitrogens with zero attached hydrogens (tertiary/aromatic N) is 4. The van der Waals surface area contributed by atoms with Crippen LogP contribution in [0, 0.1) is 6.92 Å². The Labute approximate surface area is 208 Å². The standard InChI is InChI=1S/C27H38N4O2S/c1-22-8-3-4-9-24(22)29-15-17-30(18-16-29)27(32)31-14-10-23-20-26(34-25(23)21-31)33-19-7-13-28-11-5-2-6-12-28/h3-4,8-9,20H,2,5-7,10-19,21H2,1H3. The highest BCUT2D eigenvalue weighted by Gasteiger charge is 2.29. The number of benzene rings is 1. The molecule has 2 amide bonds. The Balaban J connectivity index is 1.08. The Kier molecular flexibility index (Phi) is 7.60. The number of ether oxygens (including phenoxy) is 1. The molecule has 5 rings (SSSR count). The number of urea groups is 1. The maximum atomic E-state index is 13.2. The summed E-state index contributed by atoms with van der Waals surface area (Å²) in [7, 11) is 0. The molecule has 0 aliphatic carbocycles. The number of aryl methyl sites for hydroxylation is 1. The summed E-state index contributed by atoms with van der Waals surface area (Å²) in [6.45, 7) is 11.5. The number of piperazine rings is 1. The van der Waals surface area contributed by atoms with Crippen LogP contribution in [-0.2, 0) is 13.0 Å². The number of likely N-dealkylation sites (tertiary alicyclic amines) is 1. The van der Waals surface area contributed by atoms with Gasteiger partial charge in [-0.05, 0) is 69.0 Å². The predicted octanol–water partition coefficient (Wildman–Crippen LogP) is 4.61. The van der Waals surface area contributed by atoms with Crippen molar-refractivity contribution >= 4 is 23.1 Å². The molecule has 3 aliphatic rings. The molecule has 0 radical (unpaired) electrons. The van der Waals surface area contributed by atoms with Gasteiger partial charge >= 0.3 is 6.03 Å². The summed E-state index contributed by atoms with van der Waals surface area (Å²) in [5, 5.41) is 1.02. The molecule has 0 unspecified atom stereocenters. The van der Waals surface area contributed by atoms with Crippen LogP contribution in [0.1, 0.15) is 41.7 Å². The molecular formula is C27H38N4O2S. The summed E-state index contributed by atoms with van der Waals surface area (Å²) < 4.78 is 6.10. The first-order valence-corrected chi connectivity index (χ1v) is 13.8. The van der Waals surface area contributed by atoms with E-state index in [-0.39, 0.29) is 6.03 Å². The second kappa shape index (κ2) is 11.0. The lowest BCUT2D eigenvalue weighted by atomic mass is 10.1. The molecule has 3 aliphatic heterocycles.